The van der Waals surface area contributed by atoms with Crippen LogP contribution in [0.15, 0.2) is 67.0 Å². The maximum atomic E-state index is 14.2. The SMILES string of the molecule is O=C1c2c(c3c4cccnc4n(C4O[C@H](CO)[C@@H](O)[C@H](O)[C@H]4O)c3c3[nH]c4ncccc4c23)C(=O)N1COCc1ccccc1. The molecular formula is C32H27N5O8. The summed E-state index contributed by atoms with van der Waals surface area (Å²) >= 11 is 0. The highest BCUT2D eigenvalue weighted by molar-refractivity contribution is 6.39. The van der Waals surface area contributed by atoms with Crippen LogP contribution in [0.4, 0.5) is 0 Å². The number of aromatic amines is 1. The van der Waals surface area contributed by atoms with Gasteiger partial charge in [-0.2, -0.15) is 0 Å². The number of aromatic nitrogens is 4. The van der Waals surface area contributed by atoms with Crippen molar-refractivity contribution >= 4 is 55.7 Å². The fourth-order valence-corrected chi connectivity index (χ4v) is 6.63. The van der Waals surface area contributed by atoms with Crippen LogP contribution in [-0.2, 0) is 16.1 Å². The molecular weight excluding hydrogens is 582 g/mol. The predicted molar refractivity (Wildman–Crippen MR) is 160 cm³/mol. The van der Waals surface area contributed by atoms with E-state index in [2.05, 4.69) is 15.0 Å². The fourth-order valence-electron chi connectivity index (χ4n) is 6.63. The van der Waals surface area contributed by atoms with Crippen molar-refractivity contribution in [3.8, 4) is 0 Å². The van der Waals surface area contributed by atoms with E-state index in [-0.39, 0.29) is 30.1 Å². The van der Waals surface area contributed by atoms with Gasteiger partial charge in [0, 0.05) is 33.9 Å². The lowest BCUT2D eigenvalue weighted by Gasteiger charge is -2.40. The number of nitrogens with one attached hydrogen (secondary N) is 1. The molecule has 6 heterocycles. The van der Waals surface area contributed by atoms with Crippen LogP contribution in [0.1, 0.15) is 32.5 Å². The van der Waals surface area contributed by atoms with Gasteiger partial charge in [0.1, 0.15) is 42.4 Å². The van der Waals surface area contributed by atoms with E-state index in [0.29, 0.717) is 38.2 Å². The van der Waals surface area contributed by atoms with Gasteiger partial charge in [0.25, 0.3) is 11.8 Å². The number of aliphatic hydroxyl groups is 4. The van der Waals surface area contributed by atoms with Crippen LogP contribution in [0.5, 0.6) is 0 Å². The molecule has 228 valence electrons. The zero-order valence-corrected chi connectivity index (χ0v) is 23.6. The second-order valence-electron chi connectivity index (χ2n) is 11.2. The van der Waals surface area contributed by atoms with Crippen LogP contribution in [0.2, 0.25) is 0 Å². The van der Waals surface area contributed by atoms with Crippen molar-refractivity contribution in [2.45, 2.75) is 37.3 Å². The summed E-state index contributed by atoms with van der Waals surface area (Å²) in [6, 6.07) is 16.3. The average molecular weight is 610 g/mol. The molecule has 1 unspecified atom stereocenters. The highest BCUT2D eigenvalue weighted by Crippen LogP contribution is 2.46. The van der Waals surface area contributed by atoms with Crippen LogP contribution in [-0.4, -0.2) is 94.4 Å². The number of ether oxygens (including phenoxy) is 2. The number of imide groups is 1. The number of H-pyrrole nitrogens is 1. The van der Waals surface area contributed by atoms with Crippen LogP contribution in [0.3, 0.4) is 0 Å². The first-order valence-electron chi connectivity index (χ1n) is 14.4. The number of hydrogen-bond acceptors (Lipinski definition) is 10. The molecule has 0 bridgehead atoms. The first-order valence-corrected chi connectivity index (χ1v) is 14.4. The molecule has 5 N–H and O–H groups in total. The third kappa shape index (κ3) is 3.96. The summed E-state index contributed by atoms with van der Waals surface area (Å²) < 4.78 is 13.4. The number of nitrogens with zero attached hydrogens (tertiary/aromatic N) is 4. The quantitative estimate of drug-likeness (QED) is 0.175. The number of benzene rings is 2. The second kappa shape index (κ2) is 10.4. The predicted octanol–water partition coefficient (Wildman–Crippen LogP) is 1.96. The molecule has 0 saturated carbocycles. The Morgan fingerprint density at radius 3 is 2.31 bits per heavy atom. The summed E-state index contributed by atoms with van der Waals surface area (Å²) in [4.78, 5) is 41.7. The zero-order valence-electron chi connectivity index (χ0n) is 23.6. The van der Waals surface area contributed by atoms with Crippen molar-refractivity contribution in [3.05, 3.63) is 83.7 Å². The fraction of sp³-hybridized carbons (Fsp3) is 0.250. The highest BCUT2D eigenvalue weighted by atomic mass is 16.6. The molecule has 5 atom stereocenters. The molecule has 13 heteroatoms. The van der Waals surface area contributed by atoms with E-state index in [0.717, 1.165) is 10.5 Å². The summed E-state index contributed by atoms with van der Waals surface area (Å²) in [6.45, 7) is -0.719. The Balaban J connectivity index is 1.39. The molecule has 0 spiro atoms. The maximum absolute atomic E-state index is 14.2. The first-order chi connectivity index (χ1) is 21.9. The minimum atomic E-state index is -1.66. The van der Waals surface area contributed by atoms with Crippen molar-refractivity contribution in [1.29, 1.82) is 0 Å². The van der Waals surface area contributed by atoms with Crippen molar-refractivity contribution in [2.75, 3.05) is 13.3 Å². The van der Waals surface area contributed by atoms with Gasteiger partial charge >= 0.3 is 0 Å². The Kier molecular flexibility index (Phi) is 6.42. The number of carbonyl (C=O) groups is 2. The van der Waals surface area contributed by atoms with Crippen LogP contribution < -0.4 is 0 Å². The third-order valence-electron chi connectivity index (χ3n) is 8.69. The monoisotopic (exact) mass is 609 g/mol. The average Bonchev–Trinajstić information content (AvgIpc) is 3.69. The largest absolute Gasteiger partial charge is 0.394 e. The van der Waals surface area contributed by atoms with Gasteiger partial charge < -0.3 is 34.9 Å². The van der Waals surface area contributed by atoms with E-state index in [9.17, 15) is 30.0 Å². The molecule has 2 amide bonds. The molecule has 2 aliphatic rings. The Morgan fingerprint density at radius 2 is 1.56 bits per heavy atom. The Hall–Kier alpha value is -4.76. The van der Waals surface area contributed by atoms with Crippen LogP contribution >= 0.6 is 0 Å². The van der Waals surface area contributed by atoms with E-state index in [4.69, 9.17) is 9.47 Å². The van der Waals surface area contributed by atoms with Gasteiger partial charge in [-0.1, -0.05) is 30.3 Å². The number of rotatable bonds is 6. The summed E-state index contributed by atoms with van der Waals surface area (Å²) in [6.07, 6.45) is -4.29. The van der Waals surface area contributed by atoms with Gasteiger partial charge in [-0.3, -0.25) is 14.2 Å². The van der Waals surface area contributed by atoms with Crippen molar-refractivity contribution in [3.63, 3.8) is 0 Å². The first kappa shape index (κ1) is 27.8. The number of pyridine rings is 2. The smallest absolute Gasteiger partial charge is 0.264 e. The topological polar surface area (TPSA) is 183 Å². The summed E-state index contributed by atoms with van der Waals surface area (Å²) in [5.41, 5.74) is 2.75. The Morgan fingerprint density at radius 1 is 0.844 bits per heavy atom. The molecule has 13 nitrogen and oxygen atoms in total. The minimum Gasteiger partial charge on any atom is -0.394 e. The summed E-state index contributed by atoms with van der Waals surface area (Å²) in [5, 5.41) is 44.2. The standard InChI is InChI=1S/C32H27N5O8/c38-12-18-25(39)26(40)27(41)32(45-18)37-24-20(17-9-5-11-34-29(17)37)22-21(19-16-8-4-10-33-28(16)35-23(19)24)30(42)36(31(22)43)14-44-13-15-6-2-1-3-7-15/h1-11,18,25-27,32,38-41H,12-14H2,(H,33,35)/t18-,25-,26+,27-,32?/m1/s1. The number of carbonyl (C=O) groups excluding carboxylic acids is 2. The molecule has 1 fully saturated rings. The summed E-state index contributed by atoms with van der Waals surface area (Å²) in [5.74, 6) is -1.10. The van der Waals surface area contributed by atoms with E-state index in [1.165, 1.54) is 10.8 Å². The van der Waals surface area contributed by atoms with Crippen LogP contribution in [0.25, 0.3) is 43.9 Å². The maximum Gasteiger partial charge on any atom is 0.264 e. The van der Waals surface area contributed by atoms with Gasteiger partial charge in [-0.15, -0.1) is 0 Å². The number of hydrogen-bond donors (Lipinski definition) is 5. The molecule has 0 aliphatic carbocycles. The van der Waals surface area contributed by atoms with Gasteiger partial charge in [0.05, 0.1) is 35.4 Å². The summed E-state index contributed by atoms with van der Waals surface area (Å²) in [7, 11) is 0. The third-order valence-corrected chi connectivity index (χ3v) is 8.69. The van der Waals surface area contributed by atoms with Gasteiger partial charge in [0.2, 0.25) is 0 Å². The Bertz CT molecular complexity index is 2140. The molecule has 1 saturated heterocycles. The number of aliphatic hydroxyl groups excluding tert-OH is 4. The van der Waals surface area contributed by atoms with Gasteiger partial charge in [0.15, 0.2) is 6.23 Å². The lowest BCUT2D eigenvalue weighted by molar-refractivity contribution is -0.249. The lowest BCUT2D eigenvalue weighted by Crippen LogP contribution is -2.56. The lowest BCUT2D eigenvalue weighted by atomic mass is 9.96. The Labute approximate surface area is 253 Å². The minimum absolute atomic E-state index is 0.136. The van der Waals surface area contributed by atoms with E-state index < -0.39 is 49.1 Å². The molecule has 6 aromatic rings. The highest BCUT2D eigenvalue weighted by Gasteiger charge is 2.47. The molecule has 0 radical (unpaired) electrons. The molecule has 2 aliphatic heterocycles. The number of fused-ring (bicyclic) bond motifs is 10. The molecule has 2 aromatic carbocycles. The second-order valence-corrected chi connectivity index (χ2v) is 11.2. The molecule has 45 heavy (non-hydrogen) atoms. The normalized spacial score (nSPS) is 23.6. The molecule has 8 rings (SSSR count). The van der Waals surface area contributed by atoms with Crippen LogP contribution in [0, 0.1) is 0 Å². The van der Waals surface area contributed by atoms with E-state index in [1.807, 2.05) is 30.3 Å². The van der Waals surface area contributed by atoms with Crippen molar-refractivity contribution in [1.82, 2.24) is 24.4 Å². The zero-order chi connectivity index (χ0) is 31.0. The number of amides is 2. The van der Waals surface area contributed by atoms with Gasteiger partial charge in [-0.25, -0.2) is 14.9 Å². The van der Waals surface area contributed by atoms with E-state index >= 15 is 0 Å². The van der Waals surface area contributed by atoms with Gasteiger partial charge in [-0.05, 0) is 29.8 Å². The molecule has 4 aromatic heterocycles. The van der Waals surface area contributed by atoms with Crippen molar-refractivity contribution < 1.29 is 39.5 Å². The van der Waals surface area contributed by atoms with Crippen molar-refractivity contribution in [2.24, 2.45) is 0 Å². The van der Waals surface area contributed by atoms with E-state index in [1.54, 1.807) is 30.5 Å².